The standard InChI is InChI=1S/C23H26N2O5/c1-16(18-6-4-3-5-7-18)25-14-19(12-22(25)27)23(28)30-15-21(26)24-13-17-8-10-20(29-2)11-9-17/h3-11,16,19H,12-15H2,1-2H3,(H,24,26)/t16-,19-/m1/s1. The molecule has 2 atom stereocenters. The molecule has 7 heteroatoms. The molecule has 0 bridgehead atoms. The van der Waals surface area contributed by atoms with Gasteiger partial charge in [0.2, 0.25) is 5.91 Å². The number of esters is 1. The van der Waals surface area contributed by atoms with E-state index in [4.69, 9.17) is 9.47 Å². The van der Waals surface area contributed by atoms with Gasteiger partial charge in [-0.3, -0.25) is 14.4 Å². The van der Waals surface area contributed by atoms with Gasteiger partial charge in [0.15, 0.2) is 6.61 Å². The van der Waals surface area contributed by atoms with E-state index in [9.17, 15) is 14.4 Å². The van der Waals surface area contributed by atoms with Crippen LogP contribution in [0.5, 0.6) is 5.75 Å². The molecule has 0 spiro atoms. The topological polar surface area (TPSA) is 84.9 Å². The van der Waals surface area contributed by atoms with E-state index < -0.39 is 17.8 Å². The molecule has 1 aliphatic heterocycles. The highest BCUT2D eigenvalue weighted by Crippen LogP contribution is 2.28. The number of amides is 2. The minimum atomic E-state index is -0.557. The van der Waals surface area contributed by atoms with E-state index >= 15 is 0 Å². The molecule has 1 saturated heterocycles. The molecule has 0 unspecified atom stereocenters. The normalized spacial score (nSPS) is 16.8. The molecule has 30 heavy (non-hydrogen) atoms. The molecule has 1 aliphatic rings. The Morgan fingerprint density at radius 1 is 1.13 bits per heavy atom. The van der Waals surface area contributed by atoms with Gasteiger partial charge >= 0.3 is 5.97 Å². The average molecular weight is 410 g/mol. The summed E-state index contributed by atoms with van der Waals surface area (Å²) in [5.74, 6) is -0.820. The Morgan fingerprint density at radius 2 is 1.83 bits per heavy atom. The van der Waals surface area contributed by atoms with E-state index in [1.54, 1.807) is 24.1 Å². The molecule has 1 heterocycles. The van der Waals surface area contributed by atoms with Crippen molar-refractivity contribution < 1.29 is 23.9 Å². The lowest BCUT2D eigenvalue weighted by Gasteiger charge is -2.25. The maximum atomic E-state index is 12.4. The maximum absolute atomic E-state index is 12.4. The lowest BCUT2D eigenvalue weighted by Crippen LogP contribution is -2.32. The van der Waals surface area contributed by atoms with Gasteiger partial charge in [-0.1, -0.05) is 42.5 Å². The average Bonchev–Trinajstić information content (AvgIpc) is 3.18. The molecule has 2 aromatic carbocycles. The fourth-order valence-electron chi connectivity index (χ4n) is 3.42. The Hall–Kier alpha value is -3.35. The van der Waals surface area contributed by atoms with Crippen LogP contribution in [-0.2, 0) is 25.7 Å². The van der Waals surface area contributed by atoms with Crippen LogP contribution < -0.4 is 10.1 Å². The van der Waals surface area contributed by atoms with E-state index in [1.165, 1.54) is 0 Å². The van der Waals surface area contributed by atoms with Crippen LogP contribution in [0.1, 0.15) is 30.5 Å². The van der Waals surface area contributed by atoms with Gasteiger partial charge in [-0.25, -0.2) is 0 Å². The van der Waals surface area contributed by atoms with Crippen LogP contribution in [0.2, 0.25) is 0 Å². The Morgan fingerprint density at radius 3 is 2.50 bits per heavy atom. The van der Waals surface area contributed by atoms with Crippen molar-refractivity contribution in [3.63, 3.8) is 0 Å². The summed E-state index contributed by atoms with van der Waals surface area (Å²) in [5, 5.41) is 2.71. The van der Waals surface area contributed by atoms with Crippen molar-refractivity contribution in [2.24, 2.45) is 5.92 Å². The highest BCUT2D eigenvalue weighted by atomic mass is 16.5. The zero-order chi connectivity index (χ0) is 21.5. The van der Waals surface area contributed by atoms with E-state index in [0.29, 0.717) is 13.1 Å². The summed E-state index contributed by atoms with van der Waals surface area (Å²) < 4.78 is 10.2. The predicted molar refractivity (Wildman–Crippen MR) is 110 cm³/mol. The zero-order valence-corrected chi connectivity index (χ0v) is 17.2. The Balaban J connectivity index is 1.44. The van der Waals surface area contributed by atoms with Crippen LogP contribution in [0.15, 0.2) is 54.6 Å². The van der Waals surface area contributed by atoms with Gasteiger partial charge in [0.05, 0.1) is 19.1 Å². The monoisotopic (exact) mass is 410 g/mol. The first-order chi connectivity index (χ1) is 14.5. The molecule has 7 nitrogen and oxygen atoms in total. The number of hydrogen-bond acceptors (Lipinski definition) is 5. The summed E-state index contributed by atoms with van der Waals surface area (Å²) in [6.07, 6.45) is 0.101. The third-order valence-electron chi connectivity index (χ3n) is 5.24. The Bertz CT molecular complexity index is 882. The van der Waals surface area contributed by atoms with E-state index in [1.807, 2.05) is 49.4 Å². The number of ether oxygens (including phenoxy) is 2. The maximum Gasteiger partial charge on any atom is 0.311 e. The van der Waals surface area contributed by atoms with E-state index in [2.05, 4.69) is 5.32 Å². The van der Waals surface area contributed by atoms with Gasteiger partial charge in [0.25, 0.3) is 5.91 Å². The smallest absolute Gasteiger partial charge is 0.311 e. The van der Waals surface area contributed by atoms with Crippen LogP contribution >= 0.6 is 0 Å². The molecule has 0 aliphatic carbocycles. The molecule has 0 radical (unpaired) electrons. The van der Waals surface area contributed by atoms with Crippen molar-refractivity contribution in [2.45, 2.75) is 25.9 Å². The van der Waals surface area contributed by atoms with Crippen molar-refractivity contribution in [1.82, 2.24) is 10.2 Å². The number of methoxy groups -OCH3 is 1. The fraction of sp³-hybridized carbons (Fsp3) is 0.348. The molecule has 0 saturated carbocycles. The van der Waals surface area contributed by atoms with Gasteiger partial charge in [0.1, 0.15) is 5.75 Å². The highest BCUT2D eigenvalue weighted by Gasteiger charge is 2.38. The van der Waals surface area contributed by atoms with Gasteiger partial charge in [0, 0.05) is 19.5 Å². The summed E-state index contributed by atoms with van der Waals surface area (Å²) in [6, 6.07) is 16.8. The number of nitrogens with zero attached hydrogens (tertiary/aromatic N) is 1. The Kier molecular flexibility index (Phi) is 7.06. The summed E-state index contributed by atoms with van der Waals surface area (Å²) in [4.78, 5) is 38.4. The fourth-order valence-corrected chi connectivity index (χ4v) is 3.42. The summed E-state index contributed by atoms with van der Waals surface area (Å²) in [7, 11) is 1.59. The quantitative estimate of drug-likeness (QED) is 0.676. The van der Waals surface area contributed by atoms with Gasteiger partial charge < -0.3 is 19.7 Å². The largest absolute Gasteiger partial charge is 0.497 e. The number of nitrogens with one attached hydrogen (secondary N) is 1. The highest BCUT2D eigenvalue weighted by molar-refractivity contribution is 5.88. The molecular formula is C23H26N2O5. The minimum Gasteiger partial charge on any atom is -0.497 e. The minimum absolute atomic E-state index is 0.0859. The van der Waals surface area contributed by atoms with E-state index in [0.717, 1.165) is 16.9 Å². The second-order valence-corrected chi connectivity index (χ2v) is 7.27. The number of carbonyl (C=O) groups is 3. The first-order valence-corrected chi connectivity index (χ1v) is 9.88. The predicted octanol–water partition coefficient (Wildman–Crippen LogP) is 2.46. The molecule has 2 aromatic rings. The third kappa shape index (κ3) is 5.37. The molecule has 3 rings (SSSR count). The van der Waals surface area contributed by atoms with Crippen molar-refractivity contribution in [3.8, 4) is 5.75 Å². The molecule has 1 fully saturated rings. The van der Waals surface area contributed by atoms with Crippen LogP contribution in [0, 0.1) is 5.92 Å². The van der Waals surface area contributed by atoms with Crippen LogP contribution in [0.25, 0.3) is 0 Å². The Labute approximate surface area is 176 Å². The lowest BCUT2D eigenvalue weighted by atomic mass is 10.1. The van der Waals surface area contributed by atoms with Crippen LogP contribution in [-0.4, -0.2) is 42.9 Å². The molecule has 2 amide bonds. The number of benzene rings is 2. The molecular weight excluding hydrogens is 384 g/mol. The number of rotatable bonds is 8. The van der Waals surface area contributed by atoms with Crippen molar-refractivity contribution >= 4 is 17.8 Å². The summed E-state index contributed by atoms with van der Waals surface area (Å²) in [6.45, 7) is 2.19. The lowest BCUT2D eigenvalue weighted by molar-refractivity contribution is -0.152. The van der Waals surface area contributed by atoms with Gasteiger partial charge in [-0.2, -0.15) is 0 Å². The first kappa shape index (κ1) is 21.4. The summed E-state index contributed by atoms with van der Waals surface area (Å²) >= 11 is 0. The molecule has 0 aromatic heterocycles. The number of likely N-dealkylation sites (tertiary alicyclic amines) is 1. The van der Waals surface area contributed by atoms with Crippen molar-refractivity contribution in [3.05, 3.63) is 65.7 Å². The van der Waals surface area contributed by atoms with Gasteiger partial charge in [-0.15, -0.1) is 0 Å². The second-order valence-electron chi connectivity index (χ2n) is 7.27. The van der Waals surface area contributed by atoms with Crippen molar-refractivity contribution in [1.29, 1.82) is 0 Å². The molecule has 158 valence electrons. The summed E-state index contributed by atoms with van der Waals surface area (Å²) in [5.41, 5.74) is 1.92. The van der Waals surface area contributed by atoms with E-state index in [-0.39, 0.29) is 25.0 Å². The number of carbonyl (C=O) groups excluding carboxylic acids is 3. The third-order valence-corrected chi connectivity index (χ3v) is 5.24. The van der Waals surface area contributed by atoms with Gasteiger partial charge in [-0.05, 0) is 30.2 Å². The second kappa shape index (κ2) is 9.91. The molecule has 1 N–H and O–H groups in total. The number of hydrogen-bond donors (Lipinski definition) is 1. The van der Waals surface area contributed by atoms with Crippen LogP contribution in [0.4, 0.5) is 0 Å². The first-order valence-electron chi connectivity index (χ1n) is 9.88. The van der Waals surface area contributed by atoms with Crippen molar-refractivity contribution in [2.75, 3.05) is 20.3 Å². The zero-order valence-electron chi connectivity index (χ0n) is 17.2. The SMILES string of the molecule is COc1ccc(CNC(=O)COC(=O)[C@@H]2CC(=O)N([C@H](C)c3ccccc3)C2)cc1. The van der Waals surface area contributed by atoms with Crippen LogP contribution in [0.3, 0.4) is 0 Å².